The van der Waals surface area contributed by atoms with Crippen molar-refractivity contribution in [2.75, 3.05) is 23.7 Å². The van der Waals surface area contributed by atoms with Crippen molar-refractivity contribution in [3.8, 4) is 0 Å². The lowest BCUT2D eigenvalue weighted by atomic mass is 10.1. The molecule has 6 heteroatoms. The fourth-order valence-electron chi connectivity index (χ4n) is 2.73. The maximum absolute atomic E-state index is 12.7. The van der Waals surface area contributed by atoms with E-state index in [0.717, 1.165) is 37.7 Å². The summed E-state index contributed by atoms with van der Waals surface area (Å²) in [6.07, 6.45) is -0.978. The summed E-state index contributed by atoms with van der Waals surface area (Å²) in [5.41, 5.74) is 6.24. The number of fused-ring (bicyclic) bond motifs is 1. The highest BCUT2D eigenvalue weighted by Gasteiger charge is 2.33. The fourth-order valence-corrected chi connectivity index (χ4v) is 2.73. The van der Waals surface area contributed by atoms with Gasteiger partial charge in [0.2, 0.25) is 0 Å². The predicted molar refractivity (Wildman–Crippen MR) is 77.2 cm³/mol. The second kappa shape index (κ2) is 5.09. The van der Waals surface area contributed by atoms with E-state index in [-0.39, 0.29) is 11.2 Å². The molecule has 112 valence electrons. The van der Waals surface area contributed by atoms with Crippen LogP contribution in [0.1, 0.15) is 25.0 Å². The number of alkyl halides is 3. The zero-order chi connectivity index (χ0) is 15.0. The third kappa shape index (κ3) is 2.75. The summed E-state index contributed by atoms with van der Waals surface area (Å²) in [6.45, 7) is 1.94. The van der Waals surface area contributed by atoms with Gasteiger partial charge in [0.25, 0.3) is 0 Å². The van der Waals surface area contributed by atoms with Crippen LogP contribution in [0.15, 0.2) is 24.3 Å². The minimum absolute atomic E-state index is 0.117. The van der Waals surface area contributed by atoms with E-state index in [0.29, 0.717) is 5.39 Å². The van der Waals surface area contributed by atoms with Crippen LogP contribution in [0, 0.1) is 0 Å². The average molecular weight is 295 g/mol. The third-order valence-corrected chi connectivity index (χ3v) is 3.84. The summed E-state index contributed by atoms with van der Waals surface area (Å²) in [5.74, 6) is 0. The van der Waals surface area contributed by atoms with E-state index in [2.05, 4.69) is 9.88 Å². The van der Waals surface area contributed by atoms with Gasteiger partial charge in [0.1, 0.15) is 5.69 Å². The summed E-state index contributed by atoms with van der Waals surface area (Å²) in [7, 11) is 0. The van der Waals surface area contributed by atoms with E-state index in [9.17, 15) is 13.2 Å². The molecule has 1 aliphatic rings. The molecular formula is C15H16F3N3. The highest BCUT2D eigenvalue weighted by atomic mass is 19.4. The zero-order valence-corrected chi connectivity index (χ0v) is 11.5. The molecule has 2 heterocycles. The molecule has 0 atom stereocenters. The number of nitrogens with two attached hydrogens (primary N) is 1. The van der Waals surface area contributed by atoms with Gasteiger partial charge in [0.05, 0.1) is 5.52 Å². The molecule has 0 radical (unpaired) electrons. The lowest BCUT2D eigenvalue weighted by Gasteiger charge is -2.29. The van der Waals surface area contributed by atoms with Gasteiger partial charge in [-0.1, -0.05) is 0 Å². The van der Waals surface area contributed by atoms with Gasteiger partial charge in [-0.2, -0.15) is 13.2 Å². The minimum Gasteiger partial charge on any atom is -0.398 e. The smallest absolute Gasteiger partial charge is 0.398 e. The number of halogens is 3. The Bertz CT molecular complexity index is 661. The standard InChI is InChI=1S/C15H16F3N3/c16-15(17,18)14-9-12(19)11-8-10(4-5-13(11)20-14)21-6-2-1-3-7-21/h4-5,8-9H,1-3,6-7H2,(H2,19,20). The Morgan fingerprint density at radius 3 is 2.43 bits per heavy atom. The van der Waals surface area contributed by atoms with Crippen molar-refractivity contribution in [1.82, 2.24) is 4.98 Å². The molecule has 2 N–H and O–H groups in total. The number of nitrogen functional groups attached to an aromatic ring is 1. The minimum atomic E-state index is -4.48. The number of piperidine rings is 1. The molecule has 2 aromatic rings. The first-order chi connectivity index (χ1) is 9.95. The quantitative estimate of drug-likeness (QED) is 0.869. The summed E-state index contributed by atoms with van der Waals surface area (Å²) in [4.78, 5) is 5.91. The number of nitrogens with zero attached hydrogens (tertiary/aromatic N) is 2. The predicted octanol–water partition coefficient (Wildman–Crippen LogP) is 3.83. The van der Waals surface area contributed by atoms with Crippen LogP contribution in [0.25, 0.3) is 10.9 Å². The Morgan fingerprint density at radius 2 is 1.76 bits per heavy atom. The summed E-state index contributed by atoms with van der Waals surface area (Å²) in [5, 5.41) is 0.575. The highest BCUT2D eigenvalue weighted by Crippen LogP contribution is 2.33. The summed E-state index contributed by atoms with van der Waals surface area (Å²) < 4.78 is 38.2. The second-order valence-corrected chi connectivity index (χ2v) is 5.34. The van der Waals surface area contributed by atoms with Gasteiger partial charge in [0, 0.05) is 29.9 Å². The van der Waals surface area contributed by atoms with Crippen LogP contribution >= 0.6 is 0 Å². The van der Waals surface area contributed by atoms with E-state index in [1.807, 2.05) is 12.1 Å². The average Bonchev–Trinajstić information content (AvgIpc) is 2.47. The van der Waals surface area contributed by atoms with E-state index in [1.54, 1.807) is 6.07 Å². The van der Waals surface area contributed by atoms with Crippen LogP contribution < -0.4 is 10.6 Å². The molecule has 3 rings (SSSR count). The molecule has 0 saturated carbocycles. The van der Waals surface area contributed by atoms with Crippen molar-refractivity contribution in [1.29, 1.82) is 0 Å². The molecule has 1 aromatic carbocycles. The van der Waals surface area contributed by atoms with Crippen LogP contribution in [0.4, 0.5) is 24.5 Å². The Hall–Kier alpha value is -1.98. The molecule has 0 bridgehead atoms. The van der Waals surface area contributed by atoms with Gasteiger partial charge >= 0.3 is 6.18 Å². The van der Waals surface area contributed by atoms with E-state index >= 15 is 0 Å². The lowest BCUT2D eigenvalue weighted by molar-refractivity contribution is -0.140. The van der Waals surface area contributed by atoms with Gasteiger partial charge in [0.15, 0.2) is 0 Å². The molecule has 0 unspecified atom stereocenters. The van der Waals surface area contributed by atoms with Crippen LogP contribution in [-0.2, 0) is 6.18 Å². The van der Waals surface area contributed by atoms with E-state index < -0.39 is 11.9 Å². The van der Waals surface area contributed by atoms with Gasteiger partial charge in [-0.3, -0.25) is 0 Å². The summed E-state index contributed by atoms with van der Waals surface area (Å²) in [6, 6.07) is 6.18. The first-order valence-electron chi connectivity index (χ1n) is 6.97. The SMILES string of the molecule is Nc1cc(C(F)(F)F)nc2ccc(N3CCCCC3)cc12. The van der Waals surface area contributed by atoms with Gasteiger partial charge in [-0.25, -0.2) is 4.98 Å². The Kier molecular flexibility index (Phi) is 3.39. The van der Waals surface area contributed by atoms with Crippen molar-refractivity contribution < 1.29 is 13.2 Å². The topological polar surface area (TPSA) is 42.1 Å². The van der Waals surface area contributed by atoms with Crippen molar-refractivity contribution in [2.45, 2.75) is 25.4 Å². The molecule has 0 spiro atoms. The van der Waals surface area contributed by atoms with Crippen LogP contribution in [-0.4, -0.2) is 18.1 Å². The van der Waals surface area contributed by atoms with Crippen molar-refractivity contribution in [3.63, 3.8) is 0 Å². The maximum Gasteiger partial charge on any atom is 0.433 e. The lowest BCUT2D eigenvalue weighted by Crippen LogP contribution is -2.29. The van der Waals surface area contributed by atoms with Crippen molar-refractivity contribution in [3.05, 3.63) is 30.0 Å². The highest BCUT2D eigenvalue weighted by molar-refractivity contribution is 5.92. The molecular weight excluding hydrogens is 279 g/mol. The van der Waals surface area contributed by atoms with Gasteiger partial charge in [-0.05, 0) is 43.5 Å². The third-order valence-electron chi connectivity index (χ3n) is 3.84. The molecule has 1 saturated heterocycles. The van der Waals surface area contributed by atoms with Crippen LogP contribution in [0.2, 0.25) is 0 Å². The molecule has 21 heavy (non-hydrogen) atoms. The summed E-state index contributed by atoms with van der Waals surface area (Å²) >= 11 is 0. The monoisotopic (exact) mass is 295 g/mol. The van der Waals surface area contributed by atoms with Crippen molar-refractivity contribution >= 4 is 22.3 Å². The molecule has 1 aliphatic heterocycles. The zero-order valence-electron chi connectivity index (χ0n) is 11.5. The van der Waals surface area contributed by atoms with Gasteiger partial charge < -0.3 is 10.6 Å². The van der Waals surface area contributed by atoms with Crippen LogP contribution in [0.3, 0.4) is 0 Å². The fraction of sp³-hybridized carbons (Fsp3) is 0.400. The normalized spacial score (nSPS) is 16.4. The number of rotatable bonds is 1. The molecule has 1 fully saturated rings. The van der Waals surface area contributed by atoms with E-state index in [4.69, 9.17) is 5.73 Å². The second-order valence-electron chi connectivity index (χ2n) is 5.34. The molecule has 1 aromatic heterocycles. The first-order valence-corrected chi connectivity index (χ1v) is 6.97. The molecule has 3 nitrogen and oxygen atoms in total. The Balaban J connectivity index is 2.04. The van der Waals surface area contributed by atoms with Crippen molar-refractivity contribution in [2.24, 2.45) is 0 Å². The Morgan fingerprint density at radius 1 is 1.05 bits per heavy atom. The number of hydrogen-bond donors (Lipinski definition) is 1. The van der Waals surface area contributed by atoms with Gasteiger partial charge in [-0.15, -0.1) is 0 Å². The first kappa shape index (κ1) is 14.0. The number of benzene rings is 1. The number of anilines is 2. The van der Waals surface area contributed by atoms with E-state index in [1.165, 1.54) is 6.42 Å². The molecule has 0 amide bonds. The Labute approximate surface area is 120 Å². The number of pyridine rings is 1. The molecule has 0 aliphatic carbocycles. The largest absolute Gasteiger partial charge is 0.433 e. The number of hydrogen-bond acceptors (Lipinski definition) is 3. The van der Waals surface area contributed by atoms with Crippen LogP contribution in [0.5, 0.6) is 0 Å². The number of aromatic nitrogens is 1. The maximum atomic E-state index is 12.7.